The van der Waals surface area contributed by atoms with E-state index in [1.807, 2.05) is 6.08 Å². The minimum Gasteiger partial charge on any atom is -0.512 e. The number of aliphatic hydroxyl groups is 1. The molecule has 0 heterocycles. The molecule has 4 aliphatic carbocycles. The maximum atomic E-state index is 12.5. The van der Waals surface area contributed by atoms with Crippen LogP contribution in [-0.4, -0.2) is 16.7 Å². The zero-order valence-corrected chi connectivity index (χ0v) is 13.2. The van der Waals surface area contributed by atoms with E-state index in [2.05, 4.69) is 6.92 Å². The molecule has 3 nitrogen and oxygen atoms in total. The molecule has 5 atom stereocenters. The average Bonchev–Trinajstić information content (AvgIpc) is 2.78. The van der Waals surface area contributed by atoms with Gasteiger partial charge >= 0.3 is 0 Å². The van der Waals surface area contributed by atoms with Crippen molar-refractivity contribution in [2.45, 2.75) is 51.9 Å². The summed E-state index contributed by atoms with van der Waals surface area (Å²) in [6.45, 7) is 2.10. The summed E-state index contributed by atoms with van der Waals surface area (Å²) in [5.74, 6) is 2.16. The van der Waals surface area contributed by atoms with Gasteiger partial charge in [0.05, 0.1) is 0 Å². The number of hydrogen-bond acceptors (Lipinski definition) is 3. The third kappa shape index (κ3) is 1.74. The Bertz CT molecular complexity index is 600. The molecule has 0 aromatic carbocycles. The molecular weight excluding hydrogens is 276 g/mol. The fourth-order valence-electron chi connectivity index (χ4n) is 6.00. The highest BCUT2D eigenvalue weighted by molar-refractivity contribution is 5.96. The second-order valence-corrected chi connectivity index (χ2v) is 7.66. The van der Waals surface area contributed by atoms with E-state index >= 15 is 0 Å². The van der Waals surface area contributed by atoms with E-state index in [1.165, 1.54) is 11.6 Å². The first-order valence-corrected chi connectivity index (χ1v) is 8.75. The summed E-state index contributed by atoms with van der Waals surface area (Å²) in [6.07, 6.45) is 9.83. The Labute approximate surface area is 131 Å². The molecule has 2 saturated carbocycles. The topological polar surface area (TPSA) is 54.4 Å². The van der Waals surface area contributed by atoms with Crippen molar-refractivity contribution in [2.75, 3.05) is 0 Å². The number of fused-ring (bicyclic) bond motifs is 5. The molecule has 0 amide bonds. The molecule has 0 bridgehead atoms. The van der Waals surface area contributed by atoms with Crippen molar-refractivity contribution in [3.8, 4) is 0 Å². The monoisotopic (exact) mass is 300 g/mol. The number of rotatable bonds is 1. The normalized spacial score (nSPS) is 43.9. The lowest BCUT2D eigenvalue weighted by Crippen LogP contribution is -2.48. The molecule has 1 N–H and O–H groups in total. The second-order valence-electron chi connectivity index (χ2n) is 7.66. The Kier molecular flexibility index (Phi) is 3.11. The van der Waals surface area contributed by atoms with Crippen LogP contribution in [0.25, 0.3) is 0 Å². The quantitative estimate of drug-likeness (QED) is 0.802. The van der Waals surface area contributed by atoms with Gasteiger partial charge in [-0.05, 0) is 62.4 Å². The van der Waals surface area contributed by atoms with Crippen molar-refractivity contribution < 1.29 is 14.7 Å². The van der Waals surface area contributed by atoms with Crippen LogP contribution in [0.2, 0.25) is 0 Å². The molecule has 0 saturated heterocycles. The molecule has 4 rings (SSSR count). The zero-order valence-electron chi connectivity index (χ0n) is 13.2. The number of carbonyl (C=O) groups excluding carboxylic acids is 2. The van der Waals surface area contributed by atoms with Gasteiger partial charge in [-0.3, -0.25) is 9.59 Å². The number of hydrogen-bond donors (Lipinski definition) is 1. The maximum Gasteiger partial charge on any atom is 0.163 e. The fraction of sp³-hybridized carbons (Fsp3) is 0.684. The largest absolute Gasteiger partial charge is 0.512 e. The summed E-state index contributed by atoms with van der Waals surface area (Å²) in [7, 11) is 0. The molecule has 0 aromatic heterocycles. The van der Waals surface area contributed by atoms with Gasteiger partial charge in [0.15, 0.2) is 11.6 Å². The molecular formula is C19H24O3. The maximum absolute atomic E-state index is 12.5. The first-order valence-electron chi connectivity index (χ1n) is 8.75. The fourth-order valence-corrected chi connectivity index (χ4v) is 6.00. The zero-order chi connectivity index (χ0) is 15.5. The minimum atomic E-state index is -0.288. The Morgan fingerprint density at radius 1 is 1.14 bits per heavy atom. The standard InChI is InChI=1S/C19H24O3/c1-2-19-8-7-14-13-6-4-12(20)9-11(13)3-5-15(14)18(19)16(21)10-17(19)22/h9-10,13-15,18,22H,2-8H2,1H3/t13-,14+,15+,18+,19+/m0/s1. The van der Waals surface area contributed by atoms with Gasteiger partial charge in [0.1, 0.15) is 5.76 Å². The van der Waals surface area contributed by atoms with Crippen molar-refractivity contribution in [1.82, 2.24) is 0 Å². The van der Waals surface area contributed by atoms with E-state index in [-0.39, 0.29) is 22.9 Å². The lowest BCUT2D eigenvalue weighted by Gasteiger charge is -2.52. The Morgan fingerprint density at radius 2 is 1.95 bits per heavy atom. The summed E-state index contributed by atoms with van der Waals surface area (Å²) in [5, 5.41) is 10.4. The summed E-state index contributed by atoms with van der Waals surface area (Å²) >= 11 is 0. The Balaban J connectivity index is 1.69. The van der Waals surface area contributed by atoms with E-state index < -0.39 is 0 Å². The van der Waals surface area contributed by atoms with Crippen LogP contribution < -0.4 is 0 Å². The van der Waals surface area contributed by atoms with Gasteiger partial charge in [0.25, 0.3) is 0 Å². The van der Waals surface area contributed by atoms with Crippen LogP contribution in [0, 0.1) is 29.1 Å². The van der Waals surface area contributed by atoms with E-state index in [0.29, 0.717) is 29.9 Å². The van der Waals surface area contributed by atoms with Crippen LogP contribution in [0.15, 0.2) is 23.5 Å². The van der Waals surface area contributed by atoms with Crippen LogP contribution in [-0.2, 0) is 9.59 Å². The van der Waals surface area contributed by atoms with E-state index in [1.54, 1.807) is 0 Å². The van der Waals surface area contributed by atoms with Crippen LogP contribution in [0.4, 0.5) is 0 Å². The van der Waals surface area contributed by atoms with Crippen LogP contribution in [0.5, 0.6) is 0 Å². The molecule has 0 radical (unpaired) electrons. The third-order valence-corrected chi connectivity index (χ3v) is 7.03. The average molecular weight is 300 g/mol. The van der Waals surface area contributed by atoms with Crippen LogP contribution in [0.3, 0.4) is 0 Å². The molecule has 3 heteroatoms. The lowest BCUT2D eigenvalue weighted by molar-refractivity contribution is -0.129. The van der Waals surface area contributed by atoms with Crippen molar-refractivity contribution in [3.63, 3.8) is 0 Å². The summed E-state index contributed by atoms with van der Waals surface area (Å²) in [4.78, 5) is 24.2. The van der Waals surface area contributed by atoms with Gasteiger partial charge in [-0.25, -0.2) is 0 Å². The smallest absolute Gasteiger partial charge is 0.163 e. The molecule has 0 spiro atoms. The van der Waals surface area contributed by atoms with Gasteiger partial charge in [-0.1, -0.05) is 12.5 Å². The lowest BCUT2D eigenvalue weighted by atomic mass is 9.51. The summed E-state index contributed by atoms with van der Waals surface area (Å²) in [5.41, 5.74) is 1.05. The summed E-state index contributed by atoms with van der Waals surface area (Å²) in [6, 6.07) is 0. The minimum absolute atomic E-state index is 0.0181. The highest BCUT2D eigenvalue weighted by Crippen LogP contribution is 2.61. The van der Waals surface area contributed by atoms with Gasteiger partial charge in [-0.2, -0.15) is 0 Å². The van der Waals surface area contributed by atoms with Gasteiger partial charge in [0, 0.05) is 23.8 Å². The molecule has 2 fully saturated rings. The number of aliphatic hydroxyl groups excluding tert-OH is 1. The second kappa shape index (κ2) is 4.81. The van der Waals surface area contributed by atoms with Gasteiger partial charge in [0.2, 0.25) is 0 Å². The predicted octanol–water partition coefficient (Wildman–Crippen LogP) is 3.75. The van der Waals surface area contributed by atoms with Crippen LogP contribution in [0.1, 0.15) is 51.9 Å². The van der Waals surface area contributed by atoms with Crippen molar-refractivity contribution in [1.29, 1.82) is 0 Å². The molecule has 0 aliphatic heterocycles. The van der Waals surface area contributed by atoms with Crippen LogP contribution >= 0.6 is 0 Å². The SMILES string of the molecule is CC[C@]12CC[C@H]3[C@@H](CCC4=CC(=O)CC[C@@H]43)[C@@H]1C(=O)C=C2O. The number of ketones is 2. The van der Waals surface area contributed by atoms with Crippen molar-refractivity contribution >= 4 is 11.6 Å². The highest BCUT2D eigenvalue weighted by Gasteiger charge is 2.58. The van der Waals surface area contributed by atoms with E-state index in [4.69, 9.17) is 0 Å². The van der Waals surface area contributed by atoms with Crippen molar-refractivity contribution in [3.05, 3.63) is 23.5 Å². The molecule has 22 heavy (non-hydrogen) atoms. The molecule has 0 aromatic rings. The van der Waals surface area contributed by atoms with E-state index in [0.717, 1.165) is 38.5 Å². The first kappa shape index (κ1) is 14.2. The van der Waals surface area contributed by atoms with E-state index in [9.17, 15) is 14.7 Å². The highest BCUT2D eigenvalue weighted by atomic mass is 16.3. The summed E-state index contributed by atoms with van der Waals surface area (Å²) < 4.78 is 0. The first-order chi connectivity index (χ1) is 10.6. The van der Waals surface area contributed by atoms with Crippen molar-refractivity contribution in [2.24, 2.45) is 29.1 Å². The van der Waals surface area contributed by atoms with Gasteiger partial charge < -0.3 is 5.11 Å². The van der Waals surface area contributed by atoms with Gasteiger partial charge in [-0.15, -0.1) is 0 Å². The molecule has 4 aliphatic rings. The number of allylic oxidation sites excluding steroid dienone is 4. The Hall–Kier alpha value is -1.38. The predicted molar refractivity (Wildman–Crippen MR) is 83.2 cm³/mol. The number of carbonyl (C=O) groups is 2. The Morgan fingerprint density at radius 3 is 2.73 bits per heavy atom. The molecule has 118 valence electrons. The molecule has 0 unspecified atom stereocenters. The third-order valence-electron chi connectivity index (χ3n) is 7.03.